The van der Waals surface area contributed by atoms with Crippen LogP contribution in [0.15, 0.2) is 65.6 Å². The van der Waals surface area contributed by atoms with E-state index in [0.717, 1.165) is 31.5 Å². The number of carbonyl (C=O) groups is 1. The lowest BCUT2D eigenvalue weighted by atomic mass is 10.0. The lowest BCUT2D eigenvalue weighted by Crippen LogP contribution is -2.42. The van der Waals surface area contributed by atoms with Gasteiger partial charge in [-0.1, -0.05) is 42.0 Å². The van der Waals surface area contributed by atoms with E-state index in [4.69, 9.17) is 0 Å². The van der Waals surface area contributed by atoms with Crippen LogP contribution in [0, 0.1) is 6.92 Å². The number of nitrogens with one attached hydrogen (secondary N) is 3. The van der Waals surface area contributed by atoms with Gasteiger partial charge in [0.1, 0.15) is 0 Å². The molecule has 1 amide bonds. The molecule has 7 heteroatoms. The molecule has 156 valence electrons. The Kier molecular flexibility index (Phi) is 5.85. The van der Waals surface area contributed by atoms with Crippen molar-refractivity contribution in [3.63, 3.8) is 0 Å². The van der Waals surface area contributed by atoms with Gasteiger partial charge in [0.2, 0.25) is 10.0 Å². The van der Waals surface area contributed by atoms with Gasteiger partial charge < -0.3 is 10.6 Å². The topological polar surface area (TPSA) is 87.3 Å². The summed E-state index contributed by atoms with van der Waals surface area (Å²) in [6.07, 6.45) is 1.52. The maximum atomic E-state index is 13.1. The van der Waals surface area contributed by atoms with E-state index in [1.54, 1.807) is 24.3 Å². The Labute approximate surface area is 176 Å². The summed E-state index contributed by atoms with van der Waals surface area (Å²) >= 11 is 0. The molecule has 6 nitrogen and oxygen atoms in total. The van der Waals surface area contributed by atoms with E-state index in [1.807, 2.05) is 37.3 Å². The number of sulfonamides is 1. The van der Waals surface area contributed by atoms with Crippen molar-refractivity contribution in [1.82, 2.24) is 10.0 Å². The highest BCUT2D eigenvalue weighted by Crippen LogP contribution is 2.27. The highest BCUT2D eigenvalue weighted by molar-refractivity contribution is 7.89. The normalized spacial score (nSPS) is 15.2. The summed E-state index contributed by atoms with van der Waals surface area (Å²) in [6.45, 7) is 3.58. The van der Waals surface area contributed by atoms with Crippen LogP contribution >= 0.6 is 0 Å². The van der Waals surface area contributed by atoms with E-state index in [9.17, 15) is 13.2 Å². The van der Waals surface area contributed by atoms with Gasteiger partial charge in [0.15, 0.2) is 0 Å². The van der Waals surface area contributed by atoms with Crippen LogP contribution in [0.25, 0.3) is 10.8 Å². The monoisotopic (exact) mass is 423 g/mol. The molecule has 0 unspecified atom stereocenters. The minimum absolute atomic E-state index is 0.0838. The third-order valence-corrected chi connectivity index (χ3v) is 6.97. The molecule has 1 heterocycles. The first-order valence-corrected chi connectivity index (χ1v) is 11.6. The van der Waals surface area contributed by atoms with E-state index in [1.165, 1.54) is 6.07 Å². The highest BCUT2D eigenvalue weighted by atomic mass is 32.2. The van der Waals surface area contributed by atoms with Gasteiger partial charge in [-0.15, -0.1) is 0 Å². The number of hydrogen-bond acceptors (Lipinski definition) is 4. The molecule has 0 spiro atoms. The molecule has 1 aliphatic heterocycles. The van der Waals surface area contributed by atoms with Crippen molar-refractivity contribution in [1.29, 1.82) is 0 Å². The number of benzene rings is 3. The summed E-state index contributed by atoms with van der Waals surface area (Å²) < 4.78 is 29.0. The zero-order chi connectivity index (χ0) is 21.1. The van der Waals surface area contributed by atoms with Gasteiger partial charge in [0.05, 0.1) is 4.90 Å². The summed E-state index contributed by atoms with van der Waals surface area (Å²) in [6, 6.07) is 17.7. The van der Waals surface area contributed by atoms with Crippen molar-refractivity contribution >= 4 is 32.4 Å². The van der Waals surface area contributed by atoms with Crippen molar-refractivity contribution < 1.29 is 13.2 Å². The van der Waals surface area contributed by atoms with Crippen LogP contribution in [0.1, 0.15) is 28.8 Å². The van der Waals surface area contributed by atoms with Gasteiger partial charge >= 0.3 is 0 Å². The molecule has 0 atom stereocenters. The van der Waals surface area contributed by atoms with Gasteiger partial charge in [-0.25, -0.2) is 13.1 Å². The number of aryl methyl sites for hydroxylation is 1. The lowest BCUT2D eigenvalue weighted by molar-refractivity contribution is 0.102. The first-order valence-electron chi connectivity index (χ1n) is 10.1. The van der Waals surface area contributed by atoms with Gasteiger partial charge in [0, 0.05) is 22.7 Å². The summed E-state index contributed by atoms with van der Waals surface area (Å²) in [7, 11) is -3.70. The van der Waals surface area contributed by atoms with E-state index in [-0.39, 0.29) is 16.8 Å². The molecule has 1 saturated heterocycles. The van der Waals surface area contributed by atoms with E-state index in [0.29, 0.717) is 22.0 Å². The minimum Gasteiger partial charge on any atom is -0.322 e. The zero-order valence-corrected chi connectivity index (χ0v) is 17.6. The van der Waals surface area contributed by atoms with Crippen molar-refractivity contribution in [3.05, 3.63) is 71.8 Å². The van der Waals surface area contributed by atoms with Gasteiger partial charge in [-0.05, 0) is 62.5 Å². The Morgan fingerprint density at radius 1 is 0.933 bits per heavy atom. The predicted octanol–water partition coefficient (Wildman–Crippen LogP) is 3.43. The second kappa shape index (κ2) is 8.55. The van der Waals surface area contributed by atoms with Crippen molar-refractivity contribution in [2.45, 2.75) is 30.7 Å². The summed E-state index contributed by atoms with van der Waals surface area (Å²) in [5, 5.41) is 7.27. The van der Waals surface area contributed by atoms with Gasteiger partial charge in [-0.3, -0.25) is 4.79 Å². The Hall–Kier alpha value is -2.74. The average Bonchev–Trinajstić information content (AvgIpc) is 2.75. The van der Waals surface area contributed by atoms with Crippen LogP contribution < -0.4 is 15.4 Å². The number of piperidine rings is 1. The van der Waals surface area contributed by atoms with E-state index < -0.39 is 10.0 Å². The molecule has 1 fully saturated rings. The largest absolute Gasteiger partial charge is 0.322 e. The number of hydrogen-bond donors (Lipinski definition) is 3. The molecular weight excluding hydrogens is 398 g/mol. The second-order valence-corrected chi connectivity index (χ2v) is 9.30. The van der Waals surface area contributed by atoms with Crippen LogP contribution in [0.5, 0.6) is 0 Å². The number of anilines is 1. The Bertz CT molecular complexity index is 1170. The minimum atomic E-state index is -3.70. The zero-order valence-electron chi connectivity index (χ0n) is 16.8. The molecule has 3 N–H and O–H groups in total. The molecule has 30 heavy (non-hydrogen) atoms. The fraction of sp³-hybridized carbons (Fsp3) is 0.261. The molecule has 3 aromatic carbocycles. The molecule has 0 aromatic heterocycles. The van der Waals surface area contributed by atoms with Crippen LogP contribution in [0.2, 0.25) is 0 Å². The fourth-order valence-corrected chi connectivity index (χ4v) is 5.28. The third-order valence-electron chi connectivity index (χ3n) is 5.39. The first kappa shape index (κ1) is 20.5. The summed E-state index contributed by atoms with van der Waals surface area (Å²) in [5.41, 5.74) is 2.24. The van der Waals surface area contributed by atoms with Crippen LogP contribution in [0.4, 0.5) is 5.69 Å². The second-order valence-electron chi connectivity index (χ2n) is 7.62. The molecule has 4 rings (SSSR count). The molecule has 0 aliphatic carbocycles. The standard InChI is InChI=1S/C23H25N3O3S/c1-16-6-8-17(9-7-16)25-23(27)21-10-11-22(20-5-3-2-4-19(20)21)30(28,29)26-18-12-14-24-15-13-18/h2-11,18,24,26H,12-15H2,1H3,(H,25,27). The quantitative estimate of drug-likeness (QED) is 0.587. The van der Waals surface area contributed by atoms with Crippen molar-refractivity contribution in [2.24, 2.45) is 0 Å². The number of carbonyl (C=O) groups excluding carboxylic acids is 1. The van der Waals surface area contributed by atoms with Gasteiger partial charge in [0.25, 0.3) is 5.91 Å². The SMILES string of the molecule is Cc1ccc(NC(=O)c2ccc(S(=O)(=O)NC3CCNCC3)c3ccccc23)cc1. The van der Waals surface area contributed by atoms with Crippen LogP contribution in [-0.2, 0) is 10.0 Å². The van der Waals surface area contributed by atoms with Crippen LogP contribution in [0.3, 0.4) is 0 Å². The Morgan fingerprint density at radius 3 is 2.30 bits per heavy atom. The summed E-state index contributed by atoms with van der Waals surface area (Å²) in [5.74, 6) is -0.273. The Morgan fingerprint density at radius 2 is 1.60 bits per heavy atom. The van der Waals surface area contributed by atoms with E-state index >= 15 is 0 Å². The molecule has 0 bridgehead atoms. The Balaban J connectivity index is 1.67. The maximum Gasteiger partial charge on any atom is 0.256 e. The van der Waals surface area contributed by atoms with Crippen molar-refractivity contribution in [2.75, 3.05) is 18.4 Å². The number of amides is 1. The van der Waals surface area contributed by atoms with E-state index in [2.05, 4.69) is 15.4 Å². The lowest BCUT2D eigenvalue weighted by Gasteiger charge is -2.24. The molecule has 0 saturated carbocycles. The predicted molar refractivity (Wildman–Crippen MR) is 119 cm³/mol. The van der Waals surface area contributed by atoms with Crippen molar-refractivity contribution in [3.8, 4) is 0 Å². The highest BCUT2D eigenvalue weighted by Gasteiger charge is 2.24. The summed E-state index contributed by atoms with van der Waals surface area (Å²) in [4.78, 5) is 13.1. The maximum absolute atomic E-state index is 13.1. The average molecular weight is 424 g/mol. The number of fused-ring (bicyclic) bond motifs is 1. The van der Waals surface area contributed by atoms with Gasteiger partial charge in [-0.2, -0.15) is 0 Å². The molecule has 0 radical (unpaired) electrons. The molecule has 1 aliphatic rings. The molecule has 3 aromatic rings. The molecular formula is C23H25N3O3S. The van der Waals surface area contributed by atoms with Crippen LogP contribution in [-0.4, -0.2) is 33.5 Å². The smallest absolute Gasteiger partial charge is 0.256 e. The fourth-order valence-electron chi connectivity index (χ4n) is 3.76. The third kappa shape index (κ3) is 4.38. The number of rotatable bonds is 5. The first-order chi connectivity index (χ1) is 14.4.